The zero-order chi connectivity index (χ0) is 16.3. The van der Waals surface area contributed by atoms with Crippen LogP contribution in [0.25, 0.3) is 0 Å². The highest BCUT2D eigenvalue weighted by atomic mass is 16.5. The summed E-state index contributed by atoms with van der Waals surface area (Å²) >= 11 is 0. The third-order valence-electron chi connectivity index (χ3n) is 3.15. The van der Waals surface area contributed by atoms with Gasteiger partial charge in [0.25, 0.3) is 0 Å². The Bertz CT molecular complexity index is 718. The van der Waals surface area contributed by atoms with Gasteiger partial charge in [-0.2, -0.15) is 0 Å². The van der Waals surface area contributed by atoms with Gasteiger partial charge in [0.2, 0.25) is 0 Å². The molecule has 2 rings (SSSR count). The van der Waals surface area contributed by atoms with E-state index in [0.717, 1.165) is 6.07 Å². The Morgan fingerprint density at radius 2 is 1.59 bits per heavy atom. The second kappa shape index (κ2) is 6.17. The van der Waals surface area contributed by atoms with Crippen LogP contribution < -0.4 is 9.47 Å². The van der Waals surface area contributed by atoms with Crippen molar-refractivity contribution >= 4 is 11.8 Å². The van der Waals surface area contributed by atoms with Gasteiger partial charge < -0.3 is 19.7 Å². The molecule has 0 atom stereocenters. The molecule has 0 saturated heterocycles. The number of phenolic OH excluding ortho intramolecular Hbond substituents is 1. The summed E-state index contributed by atoms with van der Waals surface area (Å²) in [5.74, 6) is -1.74. The van der Waals surface area contributed by atoms with E-state index in [0.29, 0.717) is 5.75 Å². The molecule has 0 aromatic heterocycles. The predicted octanol–water partition coefficient (Wildman–Crippen LogP) is 2.34. The lowest BCUT2D eigenvalue weighted by Gasteiger charge is -2.12. The molecule has 0 aliphatic carbocycles. The van der Waals surface area contributed by atoms with Crippen molar-refractivity contribution in [2.45, 2.75) is 0 Å². The van der Waals surface area contributed by atoms with Crippen LogP contribution in [0.3, 0.4) is 0 Å². The van der Waals surface area contributed by atoms with Crippen molar-refractivity contribution < 1.29 is 29.3 Å². The highest BCUT2D eigenvalue weighted by molar-refractivity contribution is 6.16. The molecule has 22 heavy (non-hydrogen) atoms. The average Bonchev–Trinajstić information content (AvgIpc) is 2.53. The van der Waals surface area contributed by atoms with E-state index < -0.39 is 11.8 Å². The number of rotatable bonds is 5. The van der Waals surface area contributed by atoms with Gasteiger partial charge in [-0.1, -0.05) is 0 Å². The summed E-state index contributed by atoms with van der Waals surface area (Å²) in [7, 11) is 2.75. The van der Waals surface area contributed by atoms with Crippen LogP contribution in [0.4, 0.5) is 0 Å². The molecule has 0 bridgehead atoms. The third kappa shape index (κ3) is 2.71. The number of aromatic hydroxyl groups is 1. The van der Waals surface area contributed by atoms with Gasteiger partial charge in [-0.15, -0.1) is 0 Å². The van der Waals surface area contributed by atoms with Gasteiger partial charge >= 0.3 is 5.97 Å². The molecule has 6 heteroatoms. The second-order valence-electron chi connectivity index (χ2n) is 4.40. The van der Waals surface area contributed by atoms with Gasteiger partial charge in [0.05, 0.1) is 25.3 Å². The van der Waals surface area contributed by atoms with Crippen LogP contribution in [0.2, 0.25) is 0 Å². The van der Waals surface area contributed by atoms with Crippen LogP contribution in [-0.4, -0.2) is 36.2 Å². The molecule has 0 radical (unpaired) electrons. The fourth-order valence-electron chi connectivity index (χ4n) is 2.07. The molecule has 2 aromatic carbocycles. The van der Waals surface area contributed by atoms with Crippen molar-refractivity contribution in [3.63, 3.8) is 0 Å². The molecule has 0 amide bonds. The van der Waals surface area contributed by atoms with Crippen molar-refractivity contribution in [3.8, 4) is 17.2 Å². The van der Waals surface area contributed by atoms with Gasteiger partial charge in [-0.25, -0.2) is 4.79 Å². The highest BCUT2D eigenvalue weighted by Crippen LogP contribution is 2.34. The third-order valence-corrected chi connectivity index (χ3v) is 3.15. The Balaban J connectivity index is 2.60. The normalized spacial score (nSPS) is 10.1. The molecule has 0 spiro atoms. The summed E-state index contributed by atoms with van der Waals surface area (Å²) in [6.07, 6.45) is 0. The van der Waals surface area contributed by atoms with Crippen LogP contribution in [0.15, 0.2) is 36.4 Å². The average molecular weight is 302 g/mol. The zero-order valence-electron chi connectivity index (χ0n) is 12.0. The topological polar surface area (TPSA) is 93.1 Å². The number of methoxy groups -OCH3 is 2. The number of hydrogen-bond acceptors (Lipinski definition) is 5. The Kier molecular flexibility index (Phi) is 4.31. The molecular formula is C16H14O6. The number of aromatic carboxylic acids is 1. The van der Waals surface area contributed by atoms with Gasteiger partial charge in [0, 0.05) is 5.56 Å². The van der Waals surface area contributed by atoms with E-state index in [1.54, 1.807) is 12.1 Å². The number of benzene rings is 2. The first kappa shape index (κ1) is 15.4. The molecule has 0 aliphatic rings. The molecule has 2 aromatic rings. The molecule has 0 unspecified atom stereocenters. The Hall–Kier alpha value is -3.02. The summed E-state index contributed by atoms with van der Waals surface area (Å²) in [5.41, 5.74) is -0.178. The maximum atomic E-state index is 12.6. The maximum absolute atomic E-state index is 12.6. The van der Waals surface area contributed by atoms with Crippen LogP contribution in [-0.2, 0) is 0 Å². The van der Waals surface area contributed by atoms with E-state index in [-0.39, 0.29) is 28.2 Å². The van der Waals surface area contributed by atoms with E-state index >= 15 is 0 Å². The SMILES string of the molecule is COc1ccc(C(=O)c2c(C(=O)O)ccc(O)c2OC)cc1. The predicted molar refractivity (Wildman–Crippen MR) is 78.0 cm³/mol. The molecule has 0 fully saturated rings. The van der Waals surface area contributed by atoms with Gasteiger partial charge in [-0.05, 0) is 36.4 Å². The van der Waals surface area contributed by atoms with E-state index in [4.69, 9.17) is 9.47 Å². The smallest absolute Gasteiger partial charge is 0.336 e. The number of carboxylic acid groups (broad SMARTS) is 1. The number of carbonyl (C=O) groups excluding carboxylic acids is 1. The molecule has 2 N–H and O–H groups in total. The summed E-state index contributed by atoms with van der Waals surface area (Å²) in [4.78, 5) is 23.9. The largest absolute Gasteiger partial charge is 0.504 e. The van der Waals surface area contributed by atoms with Crippen molar-refractivity contribution in [2.75, 3.05) is 14.2 Å². The van der Waals surface area contributed by atoms with E-state index in [1.807, 2.05) is 0 Å². The van der Waals surface area contributed by atoms with E-state index in [2.05, 4.69) is 0 Å². The standard InChI is InChI=1S/C16H14O6/c1-21-10-5-3-9(4-6-10)14(18)13-11(16(19)20)7-8-12(17)15(13)22-2/h3-8,17H,1-2H3,(H,19,20). The fourth-order valence-corrected chi connectivity index (χ4v) is 2.07. The Labute approximate surface area is 126 Å². The number of phenols is 1. The zero-order valence-corrected chi connectivity index (χ0v) is 12.0. The number of carboxylic acids is 1. The van der Waals surface area contributed by atoms with Crippen LogP contribution in [0, 0.1) is 0 Å². The van der Waals surface area contributed by atoms with Crippen LogP contribution in [0.5, 0.6) is 17.2 Å². The first-order valence-electron chi connectivity index (χ1n) is 6.31. The number of carbonyl (C=O) groups is 2. The summed E-state index contributed by atoms with van der Waals surface area (Å²) in [5, 5.41) is 19.0. The van der Waals surface area contributed by atoms with Crippen molar-refractivity contribution in [2.24, 2.45) is 0 Å². The molecule has 0 saturated carbocycles. The number of ketones is 1. The minimum atomic E-state index is -1.28. The number of hydrogen-bond donors (Lipinski definition) is 2. The maximum Gasteiger partial charge on any atom is 0.336 e. The van der Waals surface area contributed by atoms with Crippen LogP contribution in [0.1, 0.15) is 26.3 Å². The molecule has 114 valence electrons. The minimum Gasteiger partial charge on any atom is -0.504 e. The highest BCUT2D eigenvalue weighted by Gasteiger charge is 2.25. The Morgan fingerprint density at radius 3 is 2.09 bits per heavy atom. The quantitative estimate of drug-likeness (QED) is 0.823. The van der Waals surface area contributed by atoms with Crippen molar-refractivity contribution in [1.82, 2.24) is 0 Å². The molecule has 0 heterocycles. The molecule has 6 nitrogen and oxygen atoms in total. The summed E-state index contributed by atoms with van der Waals surface area (Å²) in [6.45, 7) is 0. The monoisotopic (exact) mass is 302 g/mol. The molecular weight excluding hydrogens is 288 g/mol. The fraction of sp³-hybridized carbons (Fsp3) is 0.125. The van der Waals surface area contributed by atoms with Gasteiger partial charge in [0.15, 0.2) is 17.3 Å². The van der Waals surface area contributed by atoms with E-state index in [9.17, 15) is 19.8 Å². The summed E-state index contributed by atoms with van der Waals surface area (Å²) < 4.78 is 10.0. The van der Waals surface area contributed by atoms with Gasteiger partial charge in [0.1, 0.15) is 5.75 Å². The second-order valence-corrected chi connectivity index (χ2v) is 4.40. The van der Waals surface area contributed by atoms with Crippen molar-refractivity contribution in [3.05, 3.63) is 53.1 Å². The first-order valence-corrected chi connectivity index (χ1v) is 6.31. The lowest BCUT2D eigenvalue weighted by molar-refractivity contribution is 0.0692. The van der Waals surface area contributed by atoms with E-state index in [1.165, 1.54) is 32.4 Å². The lowest BCUT2D eigenvalue weighted by atomic mass is 9.96. The van der Waals surface area contributed by atoms with Crippen LogP contribution >= 0.6 is 0 Å². The molecule has 0 aliphatic heterocycles. The summed E-state index contributed by atoms with van der Waals surface area (Å²) in [6, 6.07) is 8.53. The van der Waals surface area contributed by atoms with Crippen molar-refractivity contribution in [1.29, 1.82) is 0 Å². The van der Waals surface area contributed by atoms with Gasteiger partial charge in [-0.3, -0.25) is 4.79 Å². The lowest BCUT2D eigenvalue weighted by Crippen LogP contribution is -2.11. The first-order chi connectivity index (χ1) is 10.5. The minimum absolute atomic E-state index is 0.166. The Morgan fingerprint density at radius 1 is 0.955 bits per heavy atom. The number of ether oxygens (including phenoxy) is 2.